The summed E-state index contributed by atoms with van der Waals surface area (Å²) in [5, 5.41) is 2.82. The van der Waals surface area contributed by atoms with Crippen molar-refractivity contribution >= 4 is 21.6 Å². The van der Waals surface area contributed by atoms with Gasteiger partial charge in [0.15, 0.2) is 0 Å². The van der Waals surface area contributed by atoms with Crippen LogP contribution in [0.3, 0.4) is 0 Å². The van der Waals surface area contributed by atoms with E-state index in [9.17, 15) is 13.2 Å². The second kappa shape index (κ2) is 4.71. The number of benzene rings is 1. The average molecular weight is 309 g/mol. The topological polar surface area (TPSA) is 101 Å². The molecule has 2 saturated carbocycles. The van der Waals surface area contributed by atoms with E-state index in [0.29, 0.717) is 0 Å². The molecule has 1 amide bonds. The van der Waals surface area contributed by atoms with Crippen LogP contribution in [0, 0.1) is 0 Å². The molecule has 0 aromatic heterocycles. The van der Waals surface area contributed by atoms with Gasteiger partial charge in [-0.05, 0) is 50.8 Å². The van der Waals surface area contributed by atoms with Crippen molar-refractivity contribution < 1.29 is 13.2 Å². The van der Waals surface area contributed by atoms with Crippen molar-refractivity contribution in [3.8, 4) is 0 Å². The Labute approximate surface area is 124 Å². The normalized spacial score (nSPS) is 20.0. The summed E-state index contributed by atoms with van der Waals surface area (Å²) in [5.74, 6) is -0.315. The van der Waals surface area contributed by atoms with Gasteiger partial charge in [-0.3, -0.25) is 4.79 Å². The van der Waals surface area contributed by atoms with Crippen LogP contribution in [-0.2, 0) is 10.0 Å². The molecule has 114 valence electrons. The Balaban J connectivity index is 1.87. The van der Waals surface area contributed by atoms with Crippen LogP contribution in [0.5, 0.6) is 0 Å². The number of amides is 1. The smallest absolute Gasteiger partial charge is 0.253 e. The fourth-order valence-electron chi connectivity index (χ4n) is 2.06. The molecule has 2 aliphatic carbocycles. The van der Waals surface area contributed by atoms with Crippen LogP contribution in [0.4, 0.5) is 5.69 Å². The Hall–Kier alpha value is -1.60. The van der Waals surface area contributed by atoms with Gasteiger partial charge in [0.05, 0.1) is 10.5 Å². The molecule has 0 spiro atoms. The van der Waals surface area contributed by atoms with E-state index in [0.717, 1.165) is 25.7 Å². The van der Waals surface area contributed by atoms with Crippen LogP contribution in [0.25, 0.3) is 0 Å². The molecule has 7 heteroatoms. The Kier molecular flexibility index (Phi) is 3.22. The van der Waals surface area contributed by atoms with Crippen molar-refractivity contribution in [1.82, 2.24) is 10.0 Å². The standard InChI is InChI=1S/C14H19N3O3S/c1-14(6-7-14)17-21(19,20)10-4-5-12(15)11(8-10)13(18)16-9-2-3-9/h4-5,8-9,17H,2-3,6-7,15H2,1H3,(H,16,18). The summed E-state index contributed by atoms with van der Waals surface area (Å²) in [4.78, 5) is 12.2. The number of nitrogens with two attached hydrogens (primary N) is 1. The van der Waals surface area contributed by atoms with Gasteiger partial charge < -0.3 is 11.1 Å². The molecule has 0 unspecified atom stereocenters. The van der Waals surface area contributed by atoms with Crippen molar-refractivity contribution in [2.75, 3.05) is 5.73 Å². The number of carbonyl (C=O) groups excluding carboxylic acids is 1. The third-order valence-corrected chi connectivity index (χ3v) is 5.51. The third kappa shape index (κ3) is 3.19. The number of nitrogen functional groups attached to an aromatic ring is 1. The Morgan fingerprint density at radius 1 is 1.33 bits per heavy atom. The summed E-state index contributed by atoms with van der Waals surface area (Å²) in [6.45, 7) is 1.86. The zero-order valence-corrected chi connectivity index (χ0v) is 12.7. The minimum absolute atomic E-state index is 0.0748. The monoisotopic (exact) mass is 309 g/mol. The minimum Gasteiger partial charge on any atom is -0.398 e. The quantitative estimate of drug-likeness (QED) is 0.706. The van der Waals surface area contributed by atoms with Gasteiger partial charge in [-0.1, -0.05) is 0 Å². The number of anilines is 1. The zero-order chi connectivity index (χ0) is 15.3. The van der Waals surface area contributed by atoms with Crippen LogP contribution in [0.2, 0.25) is 0 Å². The first-order valence-electron chi connectivity index (χ1n) is 7.03. The molecule has 0 radical (unpaired) electrons. The molecule has 0 heterocycles. The van der Waals surface area contributed by atoms with E-state index in [1.54, 1.807) is 0 Å². The lowest BCUT2D eigenvalue weighted by atomic mass is 10.1. The van der Waals surface area contributed by atoms with Crippen LogP contribution in [0.15, 0.2) is 23.1 Å². The molecule has 1 aromatic rings. The largest absolute Gasteiger partial charge is 0.398 e. The third-order valence-electron chi connectivity index (χ3n) is 3.87. The van der Waals surface area contributed by atoms with Crippen LogP contribution < -0.4 is 15.8 Å². The highest BCUT2D eigenvalue weighted by molar-refractivity contribution is 7.89. The lowest BCUT2D eigenvalue weighted by Gasteiger charge is -2.14. The second-order valence-corrected chi connectivity index (χ2v) is 7.85. The maximum absolute atomic E-state index is 12.3. The summed E-state index contributed by atoms with van der Waals surface area (Å²) >= 11 is 0. The van der Waals surface area contributed by atoms with Gasteiger partial charge in [0.1, 0.15) is 0 Å². The number of rotatable bonds is 5. The molecule has 0 atom stereocenters. The Morgan fingerprint density at radius 2 is 2.00 bits per heavy atom. The lowest BCUT2D eigenvalue weighted by Crippen LogP contribution is -2.34. The average Bonchev–Trinajstić information content (AvgIpc) is 3.29. The molecule has 0 bridgehead atoms. The van der Waals surface area contributed by atoms with E-state index in [-0.39, 0.29) is 33.6 Å². The highest BCUT2D eigenvalue weighted by Crippen LogP contribution is 2.36. The van der Waals surface area contributed by atoms with Gasteiger partial charge >= 0.3 is 0 Å². The molecule has 4 N–H and O–H groups in total. The second-order valence-electron chi connectivity index (χ2n) is 6.16. The van der Waals surface area contributed by atoms with Crippen molar-refractivity contribution in [2.45, 2.75) is 49.1 Å². The maximum Gasteiger partial charge on any atom is 0.253 e. The molecule has 3 rings (SSSR count). The summed E-state index contributed by atoms with van der Waals surface area (Å²) in [5.41, 5.74) is 5.94. The van der Waals surface area contributed by atoms with Gasteiger partial charge in [0.25, 0.3) is 5.91 Å². The van der Waals surface area contributed by atoms with Gasteiger partial charge in [-0.25, -0.2) is 13.1 Å². The molecule has 1 aromatic carbocycles. The zero-order valence-electron chi connectivity index (χ0n) is 11.8. The molecule has 0 saturated heterocycles. The molecule has 2 aliphatic rings. The van der Waals surface area contributed by atoms with Crippen molar-refractivity contribution in [3.05, 3.63) is 23.8 Å². The van der Waals surface area contributed by atoms with Gasteiger partial charge in [-0.2, -0.15) is 0 Å². The first-order valence-corrected chi connectivity index (χ1v) is 8.52. The summed E-state index contributed by atoms with van der Waals surface area (Å²) in [6.07, 6.45) is 3.58. The number of hydrogen-bond acceptors (Lipinski definition) is 4. The predicted molar refractivity (Wildman–Crippen MR) is 79.3 cm³/mol. The number of nitrogens with one attached hydrogen (secondary N) is 2. The van der Waals surface area contributed by atoms with Crippen molar-refractivity contribution in [2.24, 2.45) is 0 Å². The van der Waals surface area contributed by atoms with E-state index in [1.165, 1.54) is 18.2 Å². The van der Waals surface area contributed by atoms with Crippen LogP contribution >= 0.6 is 0 Å². The number of sulfonamides is 1. The fraction of sp³-hybridized carbons (Fsp3) is 0.500. The van der Waals surface area contributed by atoms with E-state index >= 15 is 0 Å². The lowest BCUT2D eigenvalue weighted by molar-refractivity contribution is 0.0952. The van der Waals surface area contributed by atoms with Crippen LogP contribution in [0.1, 0.15) is 43.0 Å². The Morgan fingerprint density at radius 3 is 2.57 bits per heavy atom. The minimum atomic E-state index is -3.63. The molecular weight excluding hydrogens is 290 g/mol. The van der Waals surface area contributed by atoms with E-state index in [2.05, 4.69) is 10.0 Å². The number of carbonyl (C=O) groups is 1. The SMILES string of the molecule is CC1(NS(=O)(=O)c2ccc(N)c(C(=O)NC3CC3)c2)CC1. The Bertz CT molecular complexity index is 691. The number of hydrogen-bond donors (Lipinski definition) is 3. The highest BCUT2D eigenvalue weighted by atomic mass is 32.2. The summed E-state index contributed by atoms with van der Waals surface area (Å²) in [6, 6.07) is 4.44. The molecule has 2 fully saturated rings. The molecule has 6 nitrogen and oxygen atoms in total. The first-order chi connectivity index (χ1) is 9.79. The maximum atomic E-state index is 12.3. The summed E-state index contributed by atoms with van der Waals surface area (Å²) in [7, 11) is -3.63. The van der Waals surface area contributed by atoms with Crippen LogP contribution in [-0.4, -0.2) is 25.9 Å². The molecular formula is C14H19N3O3S. The first kappa shape index (κ1) is 14.3. The van der Waals surface area contributed by atoms with E-state index < -0.39 is 10.0 Å². The molecule has 0 aliphatic heterocycles. The fourth-order valence-corrected chi connectivity index (χ4v) is 3.55. The summed E-state index contributed by atoms with van der Waals surface area (Å²) < 4.78 is 27.3. The predicted octanol–water partition coefficient (Wildman–Crippen LogP) is 0.992. The van der Waals surface area contributed by atoms with Gasteiger partial charge in [-0.15, -0.1) is 0 Å². The molecule has 21 heavy (non-hydrogen) atoms. The highest BCUT2D eigenvalue weighted by Gasteiger charge is 2.41. The van der Waals surface area contributed by atoms with E-state index in [1.807, 2.05) is 6.92 Å². The van der Waals surface area contributed by atoms with Crippen molar-refractivity contribution in [3.63, 3.8) is 0 Å². The van der Waals surface area contributed by atoms with Gasteiger partial charge in [0, 0.05) is 17.3 Å². The van der Waals surface area contributed by atoms with E-state index in [4.69, 9.17) is 5.73 Å². The van der Waals surface area contributed by atoms with Gasteiger partial charge in [0.2, 0.25) is 10.0 Å². The van der Waals surface area contributed by atoms with Crippen molar-refractivity contribution in [1.29, 1.82) is 0 Å².